The molecule has 1 aromatic heterocycles. The predicted octanol–water partition coefficient (Wildman–Crippen LogP) is 3.24. The van der Waals surface area contributed by atoms with E-state index in [4.69, 9.17) is 0 Å². The van der Waals surface area contributed by atoms with E-state index in [1.807, 2.05) is 30.3 Å². The Hall–Kier alpha value is -3.69. The lowest BCUT2D eigenvalue weighted by molar-refractivity contribution is -0.118. The second-order valence-corrected chi connectivity index (χ2v) is 7.84. The number of fused-ring (bicyclic) bond motifs is 2. The van der Waals surface area contributed by atoms with Gasteiger partial charge in [0.1, 0.15) is 17.7 Å². The molecule has 0 unspecified atom stereocenters. The summed E-state index contributed by atoms with van der Waals surface area (Å²) in [4.78, 5) is 29.3. The third-order valence-corrected chi connectivity index (χ3v) is 5.76. The highest BCUT2D eigenvalue weighted by atomic mass is 19.1. The maximum atomic E-state index is 14.5. The normalized spacial score (nSPS) is 22.0. The van der Waals surface area contributed by atoms with Crippen LogP contribution in [0, 0.1) is 11.6 Å². The first-order valence-electron chi connectivity index (χ1n) is 10.2. The quantitative estimate of drug-likeness (QED) is 0.653. The average molecular weight is 441 g/mol. The summed E-state index contributed by atoms with van der Waals surface area (Å²) in [6.45, 7) is 0. The summed E-state index contributed by atoms with van der Waals surface area (Å²) in [5, 5.41) is 9.11. The third-order valence-electron chi connectivity index (χ3n) is 5.76. The Kier molecular flexibility index (Phi) is 4.91. The van der Waals surface area contributed by atoms with Crippen molar-refractivity contribution in [2.75, 3.05) is 5.32 Å². The maximum Gasteiger partial charge on any atom is 0.291 e. The van der Waals surface area contributed by atoms with Gasteiger partial charge in [-0.25, -0.2) is 22.8 Å². The molecule has 0 saturated heterocycles. The fourth-order valence-corrected chi connectivity index (χ4v) is 4.19. The number of halogens is 3. The molecule has 2 aliphatic rings. The van der Waals surface area contributed by atoms with E-state index in [9.17, 15) is 22.8 Å². The highest BCUT2D eigenvalue weighted by Crippen LogP contribution is 2.39. The van der Waals surface area contributed by atoms with Gasteiger partial charge in [0.05, 0.1) is 11.7 Å². The molecule has 5 rings (SSSR count). The van der Waals surface area contributed by atoms with Gasteiger partial charge in [-0.15, -0.1) is 5.10 Å². The molecule has 2 aromatic carbocycles. The van der Waals surface area contributed by atoms with Gasteiger partial charge in [0.2, 0.25) is 11.7 Å². The summed E-state index contributed by atoms with van der Waals surface area (Å²) >= 11 is 0. The number of benzene rings is 2. The lowest BCUT2D eigenvalue weighted by Gasteiger charge is -2.14. The number of amides is 2. The average Bonchev–Trinajstić information content (AvgIpc) is 3.29. The summed E-state index contributed by atoms with van der Waals surface area (Å²) in [5.41, 5.74) is 1.05. The topological polar surface area (TPSA) is 88.9 Å². The zero-order valence-electron chi connectivity index (χ0n) is 16.7. The van der Waals surface area contributed by atoms with Crippen LogP contribution in [0.15, 0.2) is 42.5 Å². The van der Waals surface area contributed by atoms with Crippen molar-refractivity contribution in [1.82, 2.24) is 20.1 Å². The second-order valence-electron chi connectivity index (χ2n) is 7.84. The standard InChI is InChI=1S/C22H18F3N5O2/c23-13-8-12-6-7-16(21(31)27-18(12)14(24)9-13)26-22(32)19-28-20-15(25)10-17(30(20)29-19)11-4-2-1-3-5-11/h1-5,8-9,15-17H,6-7,10H2,(H,26,32)(H,27,31)/t15-,16+,17+/m1/s1. The number of carbonyl (C=O) groups excluding carboxylic acids is 2. The molecule has 0 radical (unpaired) electrons. The molecule has 7 nitrogen and oxygen atoms in total. The minimum atomic E-state index is -1.37. The van der Waals surface area contributed by atoms with Crippen LogP contribution in [0.4, 0.5) is 18.9 Å². The number of anilines is 1. The Morgan fingerprint density at radius 2 is 1.97 bits per heavy atom. The van der Waals surface area contributed by atoms with Gasteiger partial charge in [0, 0.05) is 12.5 Å². The fourth-order valence-electron chi connectivity index (χ4n) is 4.19. The Balaban J connectivity index is 1.35. The molecule has 0 spiro atoms. The van der Waals surface area contributed by atoms with Crippen molar-refractivity contribution in [3.05, 3.63) is 76.9 Å². The van der Waals surface area contributed by atoms with E-state index in [2.05, 4.69) is 20.7 Å². The molecule has 0 bridgehead atoms. The number of carbonyl (C=O) groups is 2. The van der Waals surface area contributed by atoms with E-state index in [1.54, 1.807) is 0 Å². The van der Waals surface area contributed by atoms with E-state index in [0.717, 1.165) is 11.6 Å². The van der Waals surface area contributed by atoms with Crippen LogP contribution in [0.2, 0.25) is 0 Å². The molecule has 164 valence electrons. The molecule has 2 N–H and O–H groups in total. The Morgan fingerprint density at radius 3 is 2.75 bits per heavy atom. The van der Waals surface area contributed by atoms with Crippen LogP contribution in [-0.4, -0.2) is 32.6 Å². The van der Waals surface area contributed by atoms with Crippen molar-refractivity contribution in [1.29, 1.82) is 0 Å². The highest BCUT2D eigenvalue weighted by molar-refractivity contribution is 6.00. The molecule has 32 heavy (non-hydrogen) atoms. The summed E-state index contributed by atoms with van der Waals surface area (Å²) in [6, 6.07) is 9.66. The smallest absolute Gasteiger partial charge is 0.291 e. The number of aryl methyl sites for hydroxylation is 1. The molecule has 2 aliphatic heterocycles. The van der Waals surface area contributed by atoms with Gasteiger partial charge >= 0.3 is 0 Å². The number of rotatable bonds is 3. The van der Waals surface area contributed by atoms with Gasteiger partial charge in [0.25, 0.3) is 5.91 Å². The van der Waals surface area contributed by atoms with E-state index in [1.165, 1.54) is 4.68 Å². The Bertz CT molecular complexity index is 1210. The molecule has 3 aromatic rings. The monoisotopic (exact) mass is 441 g/mol. The molecule has 3 atom stereocenters. The SMILES string of the molecule is O=C(N[C@H]1CCc2cc(F)cc(F)c2NC1=O)c1nc2n(n1)[C@H](c1ccccc1)C[C@H]2F. The Morgan fingerprint density at radius 1 is 1.19 bits per heavy atom. The van der Waals surface area contributed by atoms with Gasteiger partial charge in [-0.05, 0) is 30.0 Å². The van der Waals surface area contributed by atoms with Crippen molar-refractivity contribution in [2.24, 2.45) is 0 Å². The molecule has 10 heteroatoms. The third kappa shape index (κ3) is 3.51. The van der Waals surface area contributed by atoms with Gasteiger partial charge in [-0.1, -0.05) is 30.3 Å². The molecule has 0 aliphatic carbocycles. The number of alkyl halides is 1. The molecule has 3 heterocycles. The van der Waals surface area contributed by atoms with E-state index >= 15 is 0 Å². The highest BCUT2D eigenvalue weighted by Gasteiger charge is 2.37. The zero-order valence-corrected chi connectivity index (χ0v) is 16.7. The number of hydrogen-bond acceptors (Lipinski definition) is 4. The minimum Gasteiger partial charge on any atom is -0.337 e. The summed E-state index contributed by atoms with van der Waals surface area (Å²) < 4.78 is 43.5. The van der Waals surface area contributed by atoms with Crippen LogP contribution in [-0.2, 0) is 11.2 Å². The lowest BCUT2D eigenvalue weighted by atomic mass is 10.0. The number of hydrogen-bond donors (Lipinski definition) is 2. The first-order chi connectivity index (χ1) is 15.4. The molecule has 0 saturated carbocycles. The van der Waals surface area contributed by atoms with Crippen molar-refractivity contribution in [3.63, 3.8) is 0 Å². The predicted molar refractivity (Wildman–Crippen MR) is 108 cm³/mol. The summed E-state index contributed by atoms with van der Waals surface area (Å²) in [5.74, 6) is -3.21. The molecular weight excluding hydrogens is 423 g/mol. The molecule has 2 amide bonds. The van der Waals surface area contributed by atoms with Crippen LogP contribution in [0.1, 0.15) is 52.6 Å². The fraction of sp³-hybridized carbons (Fsp3) is 0.273. The van der Waals surface area contributed by atoms with Gasteiger partial charge in [-0.2, -0.15) is 0 Å². The maximum absolute atomic E-state index is 14.5. The Labute approximate surface area is 180 Å². The zero-order chi connectivity index (χ0) is 22.4. The lowest BCUT2D eigenvalue weighted by Crippen LogP contribution is -2.43. The van der Waals surface area contributed by atoms with E-state index in [-0.39, 0.29) is 42.6 Å². The second kappa shape index (κ2) is 7.77. The van der Waals surface area contributed by atoms with Crippen molar-refractivity contribution in [3.8, 4) is 0 Å². The summed E-state index contributed by atoms with van der Waals surface area (Å²) in [6.07, 6.45) is -0.905. The van der Waals surface area contributed by atoms with Gasteiger partial charge in [0.15, 0.2) is 12.0 Å². The number of nitrogens with one attached hydrogen (secondary N) is 2. The molecule has 0 fully saturated rings. The van der Waals surface area contributed by atoms with Crippen LogP contribution < -0.4 is 10.6 Å². The largest absolute Gasteiger partial charge is 0.337 e. The van der Waals surface area contributed by atoms with Crippen molar-refractivity contribution >= 4 is 17.5 Å². The van der Waals surface area contributed by atoms with E-state index in [0.29, 0.717) is 11.6 Å². The van der Waals surface area contributed by atoms with Gasteiger partial charge < -0.3 is 10.6 Å². The molecular formula is C22H18F3N5O2. The first kappa shape index (κ1) is 20.2. The van der Waals surface area contributed by atoms with Crippen LogP contribution in [0.25, 0.3) is 0 Å². The number of aromatic nitrogens is 3. The van der Waals surface area contributed by atoms with Gasteiger partial charge in [-0.3, -0.25) is 9.59 Å². The van der Waals surface area contributed by atoms with Crippen molar-refractivity contribution < 1.29 is 22.8 Å². The number of nitrogens with zero attached hydrogens (tertiary/aromatic N) is 3. The minimum absolute atomic E-state index is 0.0549. The van der Waals surface area contributed by atoms with Crippen LogP contribution in [0.5, 0.6) is 0 Å². The van der Waals surface area contributed by atoms with E-state index < -0.39 is 35.7 Å². The van der Waals surface area contributed by atoms with Crippen molar-refractivity contribution in [2.45, 2.75) is 37.5 Å². The van der Waals surface area contributed by atoms with Crippen LogP contribution >= 0.6 is 0 Å². The summed E-state index contributed by atoms with van der Waals surface area (Å²) in [7, 11) is 0. The van der Waals surface area contributed by atoms with Crippen LogP contribution in [0.3, 0.4) is 0 Å². The first-order valence-corrected chi connectivity index (χ1v) is 10.2.